The molecule has 0 atom stereocenters. The van der Waals surface area contributed by atoms with Crippen LogP contribution in [-0.2, 0) is 4.79 Å². The fourth-order valence-electron chi connectivity index (χ4n) is 2.11. The summed E-state index contributed by atoms with van der Waals surface area (Å²) in [5.41, 5.74) is 6.25. The number of aryl methyl sites for hydroxylation is 1. The number of halogens is 1. The summed E-state index contributed by atoms with van der Waals surface area (Å²) in [6.07, 6.45) is 0.0282. The molecule has 2 aromatic rings. The van der Waals surface area contributed by atoms with Crippen LogP contribution in [0, 0.1) is 6.92 Å². The lowest BCUT2D eigenvalue weighted by Gasteiger charge is -2.09. The number of benzene rings is 2. The van der Waals surface area contributed by atoms with Gasteiger partial charge in [-0.15, -0.1) is 0 Å². The van der Waals surface area contributed by atoms with E-state index >= 15 is 0 Å². The summed E-state index contributed by atoms with van der Waals surface area (Å²) in [7, 11) is 0. The van der Waals surface area contributed by atoms with Gasteiger partial charge in [0.25, 0.3) is 11.8 Å². The monoisotopic (exact) mass is 359 g/mol. The van der Waals surface area contributed by atoms with Crippen molar-refractivity contribution in [2.24, 2.45) is 0 Å². The molecule has 0 bridgehead atoms. The van der Waals surface area contributed by atoms with Crippen molar-refractivity contribution in [2.75, 3.05) is 6.54 Å². The van der Waals surface area contributed by atoms with E-state index in [9.17, 15) is 14.4 Å². The molecule has 0 heterocycles. The molecule has 3 N–H and O–H groups in total. The summed E-state index contributed by atoms with van der Waals surface area (Å²) in [5, 5.41) is 2.96. The van der Waals surface area contributed by atoms with Crippen molar-refractivity contribution in [1.29, 1.82) is 0 Å². The van der Waals surface area contributed by atoms with Gasteiger partial charge in [-0.3, -0.25) is 25.2 Å². The van der Waals surface area contributed by atoms with Crippen LogP contribution in [0.2, 0.25) is 5.02 Å². The van der Waals surface area contributed by atoms with Gasteiger partial charge < -0.3 is 5.32 Å². The van der Waals surface area contributed by atoms with E-state index < -0.39 is 11.8 Å². The van der Waals surface area contributed by atoms with Crippen LogP contribution in [0.15, 0.2) is 48.5 Å². The number of hydrogen-bond donors (Lipinski definition) is 3. The van der Waals surface area contributed by atoms with Crippen LogP contribution in [-0.4, -0.2) is 24.3 Å². The molecule has 0 unspecified atom stereocenters. The minimum absolute atomic E-state index is 0.0282. The predicted molar refractivity (Wildman–Crippen MR) is 95.2 cm³/mol. The summed E-state index contributed by atoms with van der Waals surface area (Å²) >= 11 is 5.90. The second-order valence-electron chi connectivity index (χ2n) is 5.30. The van der Waals surface area contributed by atoms with Gasteiger partial charge >= 0.3 is 0 Å². The molecule has 0 radical (unpaired) electrons. The maximum atomic E-state index is 12.0. The van der Waals surface area contributed by atoms with Crippen molar-refractivity contribution in [3.05, 3.63) is 70.2 Å². The smallest absolute Gasteiger partial charge is 0.271 e. The molecule has 0 saturated carbocycles. The zero-order valence-corrected chi connectivity index (χ0v) is 14.4. The lowest BCUT2D eigenvalue weighted by molar-refractivity contribution is -0.121. The second-order valence-corrected chi connectivity index (χ2v) is 5.71. The first-order valence-corrected chi connectivity index (χ1v) is 8.04. The Labute approximate surface area is 150 Å². The van der Waals surface area contributed by atoms with E-state index in [1.807, 2.05) is 19.1 Å². The van der Waals surface area contributed by atoms with Crippen molar-refractivity contribution in [3.8, 4) is 0 Å². The molecule has 6 nitrogen and oxygen atoms in total. The number of rotatable bonds is 5. The molecule has 0 aliphatic rings. The molecular weight excluding hydrogens is 342 g/mol. The van der Waals surface area contributed by atoms with Gasteiger partial charge in [-0.05, 0) is 30.7 Å². The second kappa shape index (κ2) is 8.84. The molecule has 0 saturated heterocycles. The highest BCUT2D eigenvalue weighted by Crippen LogP contribution is 2.14. The van der Waals surface area contributed by atoms with Crippen LogP contribution >= 0.6 is 11.6 Å². The first kappa shape index (κ1) is 18.5. The summed E-state index contributed by atoms with van der Waals surface area (Å²) in [6, 6.07) is 13.7. The van der Waals surface area contributed by atoms with Gasteiger partial charge in [0.05, 0.1) is 10.6 Å². The van der Waals surface area contributed by atoms with Crippen molar-refractivity contribution < 1.29 is 14.4 Å². The highest BCUT2D eigenvalue weighted by atomic mass is 35.5. The minimum Gasteiger partial charge on any atom is -0.352 e. The van der Waals surface area contributed by atoms with Crippen LogP contribution < -0.4 is 16.2 Å². The van der Waals surface area contributed by atoms with Gasteiger partial charge in [0, 0.05) is 18.5 Å². The summed E-state index contributed by atoms with van der Waals surface area (Å²) in [6.45, 7) is 1.99. The van der Waals surface area contributed by atoms with Gasteiger partial charge in [-0.1, -0.05) is 41.9 Å². The van der Waals surface area contributed by atoms with Crippen LogP contribution in [0.5, 0.6) is 0 Å². The minimum atomic E-state index is -0.511. The van der Waals surface area contributed by atoms with E-state index in [1.54, 1.807) is 36.4 Å². The average molecular weight is 360 g/mol. The standard InChI is InChI=1S/C18H18ClN3O3/c1-12-6-2-3-7-13(12)17(24)20-11-10-16(23)21-22-18(25)14-8-4-5-9-15(14)19/h2-9H,10-11H2,1H3,(H,20,24)(H,21,23)(H,22,25). The Hall–Kier alpha value is -2.86. The summed E-state index contributed by atoms with van der Waals surface area (Å²) in [5.74, 6) is -1.18. The number of amides is 3. The summed E-state index contributed by atoms with van der Waals surface area (Å²) < 4.78 is 0. The van der Waals surface area contributed by atoms with Gasteiger partial charge in [0.15, 0.2) is 0 Å². The van der Waals surface area contributed by atoms with Crippen molar-refractivity contribution in [2.45, 2.75) is 13.3 Å². The molecule has 0 fully saturated rings. The van der Waals surface area contributed by atoms with Crippen LogP contribution in [0.1, 0.15) is 32.7 Å². The number of hydrazine groups is 1. The van der Waals surface area contributed by atoms with Crippen molar-refractivity contribution in [1.82, 2.24) is 16.2 Å². The third-order valence-corrected chi connectivity index (χ3v) is 3.79. The van der Waals surface area contributed by atoms with Gasteiger partial charge in [-0.25, -0.2) is 0 Å². The highest BCUT2D eigenvalue weighted by Gasteiger charge is 2.11. The fourth-order valence-corrected chi connectivity index (χ4v) is 2.34. The Morgan fingerprint density at radius 3 is 2.20 bits per heavy atom. The van der Waals surface area contributed by atoms with E-state index in [2.05, 4.69) is 16.2 Å². The first-order valence-electron chi connectivity index (χ1n) is 7.66. The molecule has 25 heavy (non-hydrogen) atoms. The number of carbonyl (C=O) groups is 3. The quantitative estimate of drug-likeness (QED) is 0.715. The van der Waals surface area contributed by atoms with E-state index in [4.69, 9.17) is 11.6 Å². The van der Waals surface area contributed by atoms with Crippen molar-refractivity contribution >= 4 is 29.3 Å². The zero-order chi connectivity index (χ0) is 18.2. The Bertz CT molecular complexity index is 793. The van der Waals surface area contributed by atoms with E-state index in [-0.39, 0.29) is 24.4 Å². The molecule has 130 valence electrons. The van der Waals surface area contributed by atoms with Gasteiger partial charge in [-0.2, -0.15) is 0 Å². The number of nitrogens with one attached hydrogen (secondary N) is 3. The third-order valence-electron chi connectivity index (χ3n) is 3.46. The molecule has 0 aromatic heterocycles. The number of hydrogen-bond acceptors (Lipinski definition) is 3. The largest absolute Gasteiger partial charge is 0.352 e. The lowest BCUT2D eigenvalue weighted by Crippen LogP contribution is -2.42. The van der Waals surface area contributed by atoms with Gasteiger partial charge in [0.2, 0.25) is 5.91 Å². The molecule has 3 amide bonds. The van der Waals surface area contributed by atoms with E-state index in [0.717, 1.165) is 5.56 Å². The molecule has 0 spiro atoms. The number of carbonyl (C=O) groups excluding carboxylic acids is 3. The molecule has 0 aliphatic heterocycles. The van der Waals surface area contributed by atoms with Gasteiger partial charge in [0.1, 0.15) is 0 Å². The lowest BCUT2D eigenvalue weighted by atomic mass is 10.1. The Balaban J connectivity index is 1.74. The predicted octanol–water partition coefficient (Wildman–Crippen LogP) is 2.23. The topological polar surface area (TPSA) is 87.3 Å². The Kier molecular flexibility index (Phi) is 6.54. The maximum Gasteiger partial charge on any atom is 0.271 e. The average Bonchev–Trinajstić information content (AvgIpc) is 2.60. The normalized spacial score (nSPS) is 10.0. The van der Waals surface area contributed by atoms with E-state index in [1.165, 1.54) is 0 Å². The zero-order valence-electron chi connectivity index (χ0n) is 13.6. The molecule has 2 aromatic carbocycles. The fraction of sp³-hybridized carbons (Fsp3) is 0.167. The van der Waals surface area contributed by atoms with Crippen LogP contribution in [0.25, 0.3) is 0 Å². The molecular formula is C18H18ClN3O3. The van der Waals surface area contributed by atoms with Crippen LogP contribution in [0.4, 0.5) is 0 Å². The Morgan fingerprint density at radius 2 is 1.52 bits per heavy atom. The Morgan fingerprint density at radius 1 is 0.880 bits per heavy atom. The van der Waals surface area contributed by atoms with E-state index in [0.29, 0.717) is 10.6 Å². The maximum absolute atomic E-state index is 12.0. The van der Waals surface area contributed by atoms with Crippen LogP contribution in [0.3, 0.4) is 0 Å². The molecule has 7 heteroatoms. The first-order chi connectivity index (χ1) is 12.0. The third kappa shape index (κ3) is 5.32. The molecule has 2 rings (SSSR count). The van der Waals surface area contributed by atoms with Crippen molar-refractivity contribution in [3.63, 3.8) is 0 Å². The highest BCUT2D eigenvalue weighted by molar-refractivity contribution is 6.33. The SMILES string of the molecule is Cc1ccccc1C(=O)NCCC(=O)NNC(=O)c1ccccc1Cl. The summed E-state index contributed by atoms with van der Waals surface area (Å²) in [4.78, 5) is 35.6. The molecule has 0 aliphatic carbocycles.